The molecule has 0 aliphatic heterocycles. The number of hydrogen-bond acceptors (Lipinski definition) is 3. The molecule has 118 valence electrons. The Kier molecular flexibility index (Phi) is 8.07. The van der Waals surface area contributed by atoms with Gasteiger partial charge < -0.3 is 21.0 Å². The van der Waals surface area contributed by atoms with Crippen molar-refractivity contribution in [3.8, 4) is 0 Å². The fourth-order valence-electron chi connectivity index (χ4n) is 1.15. The molecule has 0 spiro atoms. The van der Waals surface area contributed by atoms with Gasteiger partial charge in [0.2, 0.25) is 0 Å². The van der Waals surface area contributed by atoms with E-state index in [4.69, 9.17) is 9.90 Å². The van der Waals surface area contributed by atoms with Gasteiger partial charge in [0.25, 0.3) is 5.91 Å². The van der Waals surface area contributed by atoms with E-state index in [0.717, 1.165) is 6.42 Å². The van der Waals surface area contributed by atoms with Crippen molar-refractivity contribution in [2.75, 3.05) is 6.54 Å². The Hall–Kier alpha value is -2.09. The normalized spacial score (nSPS) is 11.9. The molecule has 5 nitrogen and oxygen atoms in total. The summed E-state index contributed by atoms with van der Waals surface area (Å²) in [6.45, 7) is 2.47. The Balaban J connectivity index is 0.000000486. The van der Waals surface area contributed by atoms with Crippen molar-refractivity contribution in [3.05, 3.63) is 35.9 Å². The number of benzene rings is 1. The molecule has 0 radical (unpaired) electrons. The van der Waals surface area contributed by atoms with Gasteiger partial charge in [-0.2, -0.15) is 13.2 Å². The van der Waals surface area contributed by atoms with E-state index in [9.17, 15) is 18.0 Å². The zero-order chi connectivity index (χ0) is 16.5. The predicted octanol–water partition coefficient (Wildman–Crippen LogP) is -0.726. The molecule has 0 aromatic heterocycles. The molecule has 1 rings (SSSR count). The lowest BCUT2D eigenvalue weighted by molar-refractivity contribution is -0.398. The van der Waals surface area contributed by atoms with Crippen LogP contribution in [0.25, 0.3) is 0 Å². The van der Waals surface area contributed by atoms with E-state index in [1.165, 1.54) is 5.56 Å². The van der Waals surface area contributed by atoms with Crippen molar-refractivity contribution in [1.82, 2.24) is 5.32 Å². The standard InChI is InChI=1S/C11H16N2O.C2HF3O2/c1-9(12)11(14)13-8-7-10-5-3-2-4-6-10;3-2(4,5)1(6)7/h2-6,9H,7-8,12H2,1H3,(H,13,14);(H,6,7)/t9-;/m1./s1. The first-order chi connectivity index (χ1) is 9.64. The van der Waals surface area contributed by atoms with E-state index in [0.29, 0.717) is 6.54 Å². The largest absolute Gasteiger partial charge is 0.542 e. The first kappa shape index (κ1) is 18.9. The van der Waals surface area contributed by atoms with Crippen LogP contribution in [0, 0.1) is 0 Å². The maximum atomic E-state index is 11.2. The molecule has 0 saturated heterocycles. The summed E-state index contributed by atoms with van der Waals surface area (Å²) in [6, 6.07) is 9.92. The van der Waals surface area contributed by atoms with E-state index in [-0.39, 0.29) is 11.9 Å². The average molecular weight is 306 g/mol. The van der Waals surface area contributed by atoms with Gasteiger partial charge in [-0.15, -0.1) is 0 Å². The third-order valence-electron chi connectivity index (χ3n) is 2.23. The average Bonchev–Trinajstić information content (AvgIpc) is 2.39. The van der Waals surface area contributed by atoms with Crippen LogP contribution in [0.15, 0.2) is 30.3 Å². The number of alkyl halides is 3. The third kappa shape index (κ3) is 9.44. The highest BCUT2D eigenvalue weighted by molar-refractivity contribution is 5.79. The maximum Gasteiger partial charge on any atom is 0.430 e. The minimum absolute atomic E-state index is 0.0148. The molecule has 0 heterocycles. The number of rotatable bonds is 4. The summed E-state index contributed by atoms with van der Waals surface area (Å²) in [5.41, 5.74) is 4.89. The van der Waals surface area contributed by atoms with Gasteiger partial charge in [-0.05, 0) is 18.9 Å². The third-order valence-corrected chi connectivity index (χ3v) is 2.23. The number of halogens is 3. The van der Waals surface area contributed by atoms with Crippen molar-refractivity contribution in [2.45, 2.75) is 25.6 Å². The Morgan fingerprint density at radius 3 is 2.14 bits per heavy atom. The van der Waals surface area contributed by atoms with Gasteiger partial charge in [-0.1, -0.05) is 30.3 Å². The molecule has 1 atom stereocenters. The minimum Gasteiger partial charge on any atom is -0.542 e. The summed E-state index contributed by atoms with van der Waals surface area (Å²) in [7, 11) is 0. The summed E-state index contributed by atoms with van der Waals surface area (Å²) in [4.78, 5) is 19.9. The van der Waals surface area contributed by atoms with Crippen LogP contribution in [0.1, 0.15) is 12.5 Å². The van der Waals surface area contributed by atoms with Crippen LogP contribution < -0.4 is 16.2 Å². The summed E-state index contributed by atoms with van der Waals surface area (Å²) < 4.78 is 31.5. The molecular weight excluding hydrogens is 289 g/mol. The van der Waals surface area contributed by atoms with E-state index < -0.39 is 12.1 Å². The van der Waals surface area contributed by atoms with Crippen LogP contribution in [0.3, 0.4) is 0 Å². The number of carbonyl (C=O) groups is 2. The molecule has 1 aromatic rings. The smallest absolute Gasteiger partial charge is 0.430 e. The fourth-order valence-corrected chi connectivity index (χ4v) is 1.15. The molecule has 0 saturated carbocycles. The van der Waals surface area contributed by atoms with Crippen LogP contribution in [0.2, 0.25) is 0 Å². The number of amides is 1. The quantitative estimate of drug-likeness (QED) is 0.768. The highest BCUT2D eigenvalue weighted by Crippen LogP contribution is 2.11. The number of aliphatic carboxylic acids is 1. The van der Waals surface area contributed by atoms with Crippen LogP contribution in [-0.4, -0.2) is 30.6 Å². The molecule has 0 fully saturated rings. The lowest BCUT2D eigenvalue weighted by Gasteiger charge is -2.05. The number of carboxylic acids is 1. The zero-order valence-electron chi connectivity index (χ0n) is 11.4. The van der Waals surface area contributed by atoms with Gasteiger partial charge in [-0.25, -0.2) is 0 Å². The van der Waals surface area contributed by atoms with Gasteiger partial charge >= 0.3 is 6.18 Å². The number of quaternary nitrogens is 1. The lowest BCUT2D eigenvalue weighted by Crippen LogP contribution is -2.65. The Bertz CT molecular complexity index is 448. The summed E-state index contributed by atoms with van der Waals surface area (Å²) in [5.74, 6) is -2.99. The molecule has 0 aliphatic rings. The monoisotopic (exact) mass is 306 g/mol. The van der Waals surface area contributed by atoms with Crippen LogP contribution in [0.4, 0.5) is 13.2 Å². The molecule has 21 heavy (non-hydrogen) atoms. The van der Waals surface area contributed by atoms with Crippen molar-refractivity contribution in [1.29, 1.82) is 0 Å². The zero-order valence-corrected chi connectivity index (χ0v) is 11.4. The molecular formula is C13H17F3N2O3. The first-order valence-electron chi connectivity index (χ1n) is 6.07. The molecule has 1 amide bonds. The highest BCUT2D eigenvalue weighted by atomic mass is 19.4. The predicted molar refractivity (Wildman–Crippen MR) is 66.6 cm³/mol. The second kappa shape index (κ2) is 8.96. The van der Waals surface area contributed by atoms with E-state index >= 15 is 0 Å². The Morgan fingerprint density at radius 1 is 1.29 bits per heavy atom. The minimum atomic E-state index is -5.19. The molecule has 8 heteroatoms. The molecule has 4 N–H and O–H groups in total. The van der Waals surface area contributed by atoms with Crippen molar-refractivity contribution in [3.63, 3.8) is 0 Å². The second-order valence-corrected chi connectivity index (χ2v) is 4.21. The maximum absolute atomic E-state index is 11.2. The summed E-state index contributed by atoms with van der Waals surface area (Å²) in [6.07, 6.45) is -4.32. The van der Waals surface area contributed by atoms with Crippen LogP contribution >= 0.6 is 0 Å². The van der Waals surface area contributed by atoms with E-state index in [1.54, 1.807) is 6.92 Å². The van der Waals surface area contributed by atoms with Gasteiger partial charge in [0.1, 0.15) is 5.97 Å². The van der Waals surface area contributed by atoms with Crippen LogP contribution in [0.5, 0.6) is 0 Å². The van der Waals surface area contributed by atoms with Gasteiger partial charge in [0, 0.05) is 6.54 Å². The lowest BCUT2D eigenvalue weighted by atomic mass is 10.1. The number of hydrogen-bond donors (Lipinski definition) is 2. The SMILES string of the molecule is C[C@@H]([NH3+])C(=O)NCCc1ccccc1.O=C([O-])C(F)(F)F. The number of nitrogens with one attached hydrogen (secondary N) is 1. The van der Waals surface area contributed by atoms with E-state index in [1.807, 2.05) is 18.2 Å². The Morgan fingerprint density at radius 2 is 1.76 bits per heavy atom. The van der Waals surface area contributed by atoms with Gasteiger partial charge in [0.15, 0.2) is 6.04 Å². The van der Waals surface area contributed by atoms with Crippen molar-refractivity contribution >= 4 is 11.9 Å². The molecule has 0 bridgehead atoms. The fraction of sp³-hybridized carbons (Fsp3) is 0.385. The van der Waals surface area contributed by atoms with Gasteiger partial charge in [-0.3, -0.25) is 4.79 Å². The topological polar surface area (TPSA) is 96.9 Å². The molecule has 0 aliphatic carbocycles. The van der Waals surface area contributed by atoms with E-state index in [2.05, 4.69) is 23.2 Å². The highest BCUT2D eigenvalue weighted by Gasteiger charge is 2.28. The second-order valence-electron chi connectivity index (χ2n) is 4.21. The molecule has 1 aromatic carbocycles. The first-order valence-corrected chi connectivity index (χ1v) is 6.07. The number of carboxylic acid groups (broad SMARTS) is 1. The van der Waals surface area contributed by atoms with Gasteiger partial charge in [0.05, 0.1) is 0 Å². The summed E-state index contributed by atoms with van der Waals surface area (Å²) in [5, 5.41) is 11.6. The Labute approximate surface area is 119 Å². The van der Waals surface area contributed by atoms with Crippen LogP contribution in [-0.2, 0) is 16.0 Å². The van der Waals surface area contributed by atoms with Crippen molar-refractivity contribution in [2.24, 2.45) is 0 Å². The number of carbonyl (C=O) groups excluding carboxylic acids is 2. The van der Waals surface area contributed by atoms with Crippen molar-refractivity contribution < 1.29 is 33.6 Å². The summed E-state index contributed by atoms with van der Waals surface area (Å²) >= 11 is 0. The molecule has 0 unspecified atom stereocenters.